The van der Waals surface area contributed by atoms with Gasteiger partial charge in [0, 0.05) is 0 Å². The molecule has 0 N–H and O–H groups in total. The summed E-state index contributed by atoms with van der Waals surface area (Å²) < 4.78 is 31.5. The van der Waals surface area contributed by atoms with Gasteiger partial charge in [-0.05, 0) is 35.0 Å². The molecular weight excluding hydrogens is 430 g/mol. The Morgan fingerprint density at radius 3 is 1.56 bits per heavy atom. The highest BCUT2D eigenvalue weighted by Crippen LogP contribution is 2.20. The van der Waals surface area contributed by atoms with E-state index in [2.05, 4.69) is 35.2 Å². The third-order valence-electron chi connectivity index (χ3n) is 5.75. The molecule has 0 heterocycles. The van der Waals surface area contributed by atoms with E-state index in [0.29, 0.717) is 5.33 Å². The second-order valence-corrected chi connectivity index (χ2v) is 13.4. The minimum absolute atomic E-state index is 0.203. The van der Waals surface area contributed by atoms with Crippen LogP contribution in [0, 0.1) is 6.92 Å². The van der Waals surface area contributed by atoms with Crippen LogP contribution in [-0.2, 0) is 10.0 Å². The monoisotopic (exact) mass is 455 g/mol. The fourth-order valence-corrected chi connectivity index (χ4v) is 9.26. The summed E-state index contributed by atoms with van der Waals surface area (Å²) in [4.78, 5) is 0.203. The molecule has 0 unspecified atom stereocenters. The smallest absolute Gasteiger partial charge is 0.199 e. The molecule has 0 atom stereocenters. The number of nitrogens with zero attached hydrogens (tertiary/aromatic N) is 1. The van der Waals surface area contributed by atoms with Gasteiger partial charge in [0.25, 0.3) is 10.0 Å². The molecule has 4 aromatic carbocycles. The van der Waals surface area contributed by atoms with Crippen molar-refractivity contribution in [1.29, 1.82) is 0 Å². The van der Waals surface area contributed by atoms with Crippen molar-refractivity contribution in [1.82, 2.24) is 0 Å². The first kappa shape index (κ1) is 21.9. The predicted molar refractivity (Wildman–Crippen MR) is 135 cm³/mol. The van der Waals surface area contributed by atoms with E-state index in [1.165, 1.54) is 0 Å². The van der Waals surface area contributed by atoms with Crippen molar-refractivity contribution in [3.63, 3.8) is 0 Å². The molecule has 0 aliphatic heterocycles. The number of hydrogen-bond acceptors (Lipinski definition) is 2. The second-order valence-electron chi connectivity index (χ2n) is 7.95. The van der Waals surface area contributed by atoms with Crippen LogP contribution >= 0.6 is 0 Å². The third-order valence-corrected chi connectivity index (χ3v) is 11.5. The number of sulfonamides is 1. The molecule has 5 heteroatoms. The highest BCUT2D eigenvalue weighted by molar-refractivity contribution is 7.90. The number of aryl methyl sites for hydroxylation is 1. The standard InChI is InChI=1S/C27H25NO2SSi/c1-22-18-20-24(21-19-22)31(29,30)28-27(23-12-6-3-7-13-23)32(2,25-14-8-4-9-15-25)26-16-10-5-11-17-26/h3-21H,1-2H3/b28-27-. The van der Waals surface area contributed by atoms with E-state index in [0.717, 1.165) is 21.5 Å². The van der Waals surface area contributed by atoms with Crippen molar-refractivity contribution in [3.05, 3.63) is 126 Å². The van der Waals surface area contributed by atoms with Gasteiger partial charge in [0.1, 0.15) is 0 Å². The molecule has 0 amide bonds. The van der Waals surface area contributed by atoms with Crippen LogP contribution in [0.4, 0.5) is 0 Å². The summed E-state index contributed by atoms with van der Waals surface area (Å²) in [7, 11) is -6.66. The van der Waals surface area contributed by atoms with Crippen LogP contribution in [0.25, 0.3) is 0 Å². The van der Waals surface area contributed by atoms with Crippen LogP contribution < -0.4 is 10.4 Å². The zero-order chi connectivity index (χ0) is 22.6. The van der Waals surface area contributed by atoms with Crippen LogP contribution in [0.3, 0.4) is 0 Å². The molecule has 4 aromatic rings. The molecule has 0 saturated heterocycles. The lowest BCUT2D eigenvalue weighted by Crippen LogP contribution is -2.62. The Hall–Kier alpha value is -3.28. The van der Waals surface area contributed by atoms with Crippen molar-refractivity contribution in [2.24, 2.45) is 4.40 Å². The number of benzene rings is 4. The molecule has 4 rings (SSSR count). The van der Waals surface area contributed by atoms with Crippen molar-refractivity contribution >= 4 is 33.8 Å². The van der Waals surface area contributed by atoms with Crippen molar-refractivity contribution in [3.8, 4) is 0 Å². The lowest BCUT2D eigenvalue weighted by Gasteiger charge is -2.30. The fourth-order valence-electron chi connectivity index (χ4n) is 3.89. The maximum Gasteiger partial charge on any atom is 0.282 e. The van der Waals surface area contributed by atoms with Gasteiger partial charge in [-0.3, -0.25) is 0 Å². The van der Waals surface area contributed by atoms with Gasteiger partial charge in [0.2, 0.25) is 0 Å². The Labute approximate surface area is 191 Å². The largest absolute Gasteiger partial charge is 0.282 e. The normalized spacial score (nSPS) is 12.5. The average Bonchev–Trinajstić information content (AvgIpc) is 2.84. The highest BCUT2D eigenvalue weighted by Gasteiger charge is 2.39. The zero-order valence-electron chi connectivity index (χ0n) is 18.1. The van der Waals surface area contributed by atoms with Crippen LogP contribution in [0.5, 0.6) is 0 Å². The van der Waals surface area contributed by atoms with Gasteiger partial charge in [0.05, 0.1) is 10.2 Å². The van der Waals surface area contributed by atoms with Crippen LogP contribution in [-0.4, -0.2) is 21.8 Å². The molecule has 0 radical (unpaired) electrons. The van der Waals surface area contributed by atoms with Gasteiger partial charge in [-0.1, -0.05) is 115 Å². The van der Waals surface area contributed by atoms with Gasteiger partial charge in [-0.15, -0.1) is 0 Å². The Balaban J connectivity index is 2.02. The quantitative estimate of drug-likeness (QED) is 0.315. The Kier molecular flexibility index (Phi) is 6.21. The van der Waals surface area contributed by atoms with E-state index in [-0.39, 0.29) is 4.90 Å². The average molecular weight is 456 g/mol. The van der Waals surface area contributed by atoms with E-state index in [4.69, 9.17) is 0 Å². The summed E-state index contributed by atoms with van der Waals surface area (Å²) in [6.07, 6.45) is 0. The van der Waals surface area contributed by atoms with Crippen LogP contribution in [0.1, 0.15) is 11.1 Å². The van der Waals surface area contributed by atoms with E-state index >= 15 is 0 Å². The summed E-state index contributed by atoms with van der Waals surface area (Å²) in [5.41, 5.74) is 1.83. The minimum atomic E-state index is -3.90. The summed E-state index contributed by atoms with van der Waals surface area (Å²) in [5, 5.41) is 2.83. The van der Waals surface area contributed by atoms with E-state index < -0.39 is 18.1 Å². The van der Waals surface area contributed by atoms with Gasteiger partial charge in [-0.2, -0.15) is 12.8 Å². The summed E-state index contributed by atoms with van der Waals surface area (Å²) in [6, 6.07) is 36.8. The molecule has 0 saturated carbocycles. The third kappa shape index (κ3) is 4.35. The van der Waals surface area contributed by atoms with Gasteiger partial charge in [0.15, 0.2) is 8.07 Å². The molecule has 0 spiro atoms. The SMILES string of the molecule is Cc1ccc(S(=O)(=O)/N=C(/c2ccccc2)[Si](C)(c2ccccc2)c2ccccc2)cc1. The molecule has 160 valence electrons. The Morgan fingerprint density at radius 2 is 1.09 bits per heavy atom. The molecule has 0 aliphatic carbocycles. The maximum atomic E-state index is 13.5. The molecular formula is C27H25NO2SSi. The van der Waals surface area contributed by atoms with E-state index in [1.807, 2.05) is 73.7 Å². The summed E-state index contributed by atoms with van der Waals surface area (Å²) >= 11 is 0. The number of hydrogen-bond donors (Lipinski definition) is 0. The summed E-state index contributed by atoms with van der Waals surface area (Å²) in [5.74, 6) is 0. The van der Waals surface area contributed by atoms with Crippen molar-refractivity contribution < 1.29 is 8.42 Å². The molecule has 0 bridgehead atoms. The van der Waals surface area contributed by atoms with Gasteiger partial charge >= 0.3 is 0 Å². The molecule has 0 aliphatic rings. The lowest BCUT2D eigenvalue weighted by molar-refractivity contribution is 0.598. The Bertz CT molecular complexity index is 1280. The summed E-state index contributed by atoms with van der Waals surface area (Å²) in [6.45, 7) is 4.11. The Morgan fingerprint density at radius 1 is 0.656 bits per heavy atom. The zero-order valence-corrected chi connectivity index (χ0v) is 20.0. The molecule has 0 aromatic heterocycles. The number of rotatable bonds is 6. The van der Waals surface area contributed by atoms with Crippen molar-refractivity contribution in [2.75, 3.05) is 0 Å². The lowest BCUT2D eigenvalue weighted by atomic mass is 10.2. The topological polar surface area (TPSA) is 46.5 Å². The molecule has 3 nitrogen and oxygen atoms in total. The first-order chi connectivity index (χ1) is 15.4. The van der Waals surface area contributed by atoms with E-state index in [1.54, 1.807) is 24.3 Å². The molecule has 32 heavy (non-hydrogen) atoms. The first-order valence-corrected chi connectivity index (χ1v) is 14.4. The molecule has 0 fully saturated rings. The highest BCUT2D eigenvalue weighted by atomic mass is 32.2. The first-order valence-electron chi connectivity index (χ1n) is 10.5. The maximum absolute atomic E-state index is 13.5. The van der Waals surface area contributed by atoms with Gasteiger partial charge < -0.3 is 0 Å². The van der Waals surface area contributed by atoms with Crippen molar-refractivity contribution in [2.45, 2.75) is 18.4 Å². The second kappa shape index (κ2) is 9.07. The van der Waals surface area contributed by atoms with E-state index in [9.17, 15) is 8.42 Å². The fraction of sp³-hybridized carbons (Fsp3) is 0.0741. The minimum Gasteiger partial charge on any atom is -0.199 e. The predicted octanol–water partition coefficient (Wildman–Crippen LogP) is 4.61. The van der Waals surface area contributed by atoms with Crippen LogP contribution in [0.2, 0.25) is 6.55 Å². The van der Waals surface area contributed by atoms with Crippen LogP contribution in [0.15, 0.2) is 125 Å². The van der Waals surface area contributed by atoms with Gasteiger partial charge in [-0.25, -0.2) is 0 Å².